The first-order valence-electron chi connectivity index (χ1n) is 27.2. The van der Waals surface area contributed by atoms with Gasteiger partial charge in [0.2, 0.25) is 0 Å². The maximum absolute atomic E-state index is 2.64. The third kappa shape index (κ3) is 6.35. The van der Waals surface area contributed by atoms with E-state index in [-0.39, 0.29) is 21.8 Å². The van der Waals surface area contributed by atoms with Crippen molar-refractivity contribution in [3.63, 3.8) is 0 Å². The van der Waals surface area contributed by atoms with Crippen LogP contribution in [0, 0.1) is 17.3 Å². The Morgan fingerprint density at radius 3 is 2.01 bits per heavy atom. The number of hydrogen-bond donors (Lipinski definition) is 0. The van der Waals surface area contributed by atoms with E-state index in [1.54, 1.807) is 11.1 Å². The second-order valence-corrected chi connectivity index (χ2v) is 24.6. The molecule has 6 aromatic carbocycles. The van der Waals surface area contributed by atoms with Crippen LogP contribution in [0.15, 0.2) is 193 Å². The van der Waals surface area contributed by atoms with Crippen LogP contribution in [-0.2, 0) is 16.4 Å². The summed E-state index contributed by atoms with van der Waals surface area (Å²) in [6.07, 6.45) is 29.9. The van der Waals surface area contributed by atoms with Crippen molar-refractivity contribution in [2.75, 3.05) is 0 Å². The van der Waals surface area contributed by atoms with Crippen molar-refractivity contribution in [1.82, 2.24) is 9.13 Å². The predicted octanol–water partition coefficient (Wildman–Crippen LogP) is 18.9. The van der Waals surface area contributed by atoms with Gasteiger partial charge in [0.05, 0.1) is 22.0 Å². The van der Waals surface area contributed by atoms with Gasteiger partial charge < -0.3 is 9.13 Å². The monoisotopic (exact) mass is 947 g/mol. The lowest BCUT2D eigenvalue weighted by molar-refractivity contribution is 0.285. The van der Waals surface area contributed by atoms with Gasteiger partial charge in [-0.1, -0.05) is 182 Å². The number of benzene rings is 6. The molecular formula is C71H66N2. The molecule has 0 fully saturated rings. The van der Waals surface area contributed by atoms with Crippen LogP contribution >= 0.6 is 0 Å². The SMILES string of the molecule is CC1CC=CC2=C1c1ccccc1C21C2=C(C=CC(C(C)(C)C)C2)c2c(C3=CCC(C)(n4c5ccccc5c5cc(-c6ccc7c(c6)c6ccccc6n7C6=CCCC=C6)ccc54)C=C3)cc(C(C)(C)C)cc21. The minimum atomic E-state index is -0.323. The first kappa shape index (κ1) is 44.5. The molecule has 4 atom stereocenters. The van der Waals surface area contributed by atoms with Gasteiger partial charge in [0.15, 0.2) is 0 Å². The molecule has 6 aliphatic carbocycles. The number of aromatic nitrogens is 2. The highest BCUT2D eigenvalue weighted by Gasteiger charge is 2.56. The molecule has 2 aromatic heterocycles. The fourth-order valence-electron chi connectivity index (χ4n) is 14.3. The van der Waals surface area contributed by atoms with Gasteiger partial charge >= 0.3 is 0 Å². The summed E-state index contributed by atoms with van der Waals surface area (Å²) in [7, 11) is 0. The molecule has 2 heterocycles. The Kier molecular flexibility index (Phi) is 9.56. The molecule has 0 radical (unpaired) electrons. The highest BCUT2D eigenvalue weighted by Crippen LogP contribution is 2.67. The Balaban J connectivity index is 0.901. The molecule has 0 amide bonds. The van der Waals surface area contributed by atoms with Crippen molar-refractivity contribution >= 4 is 66.0 Å². The molecule has 0 saturated heterocycles. The van der Waals surface area contributed by atoms with Crippen LogP contribution in [0.3, 0.4) is 0 Å². The fraction of sp³-hybridized carbons (Fsp3) is 0.268. The van der Waals surface area contributed by atoms with E-state index >= 15 is 0 Å². The summed E-state index contributed by atoms with van der Waals surface area (Å²) in [5, 5.41) is 5.19. The van der Waals surface area contributed by atoms with Gasteiger partial charge in [0.1, 0.15) is 0 Å². The zero-order valence-corrected chi connectivity index (χ0v) is 43.9. The Labute approximate surface area is 431 Å². The third-order valence-electron chi connectivity index (χ3n) is 18.2. The van der Waals surface area contributed by atoms with Crippen molar-refractivity contribution in [2.24, 2.45) is 17.3 Å². The van der Waals surface area contributed by atoms with Crippen molar-refractivity contribution < 1.29 is 0 Å². The van der Waals surface area contributed by atoms with Gasteiger partial charge in [-0.3, -0.25) is 0 Å². The van der Waals surface area contributed by atoms with Crippen LogP contribution in [0.1, 0.15) is 121 Å². The van der Waals surface area contributed by atoms with E-state index in [1.807, 2.05) is 0 Å². The average molecular weight is 947 g/mol. The molecule has 2 heteroatoms. The van der Waals surface area contributed by atoms with Crippen LogP contribution in [0.4, 0.5) is 0 Å². The largest absolute Gasteiger partial charge is 0.331 e. The highest BCUT2D eigenvalue weighted by molar-refractivity contribution is 6.13. The van der Waals surface area contributed by atoms with Crippen molar-refractivity contribution in [3.05, 3.63) is 227 Å². The van der Waals surface area contributed by atoms with E-state index in [1.165, 1.54) is 111 Å². The Bertz CT molecular complexity index is 3990. The smallest absolute Gasteiger partial charge is 0.0685 e. The minimum absolute atomic E-state index is 0.0485. The number of fused-ring (bicyclic) bond motifs is 14. The van der Waals surface area contributed by atoms with E-state index in [9.17, 15) is 0 Å². The highest BCUT2D eigenvalue weighted by atomic mass is 15.1. The lowest BCUT2D eigenvalue weighted by Crippen LogP contribution is -2.32. The second-order valence-electron chi connectivity index (χ2n) is 24.6. The Morgan fingerprint density at radius 2 is 1.29 bits per heavy atom. The molecule has 2 nitrogen and oxygen atoms in total. The molecule has 14 rings (SSSR count). The van der Waals surface area contributed by atoms with Gasteiger partial charge in [-0.05, 0) is 183 Å². The quantitative estimate of drug-likeness (QED) is 0.166. The van der Waals surface area contributed by atoms with E-state index in [4.69, 9.17) is 0 Å². The number of para-hydroxylation sites is 2. The molecule has 0 bridgehead atoms. The van der Waals surface area contributed by atoms with Crippen molar-refractivity contribution in [3.8, 4) is 11.1 Å². The normalized spacial score (nSPS) is 23.3. The van der Waals surface area contributed by atoms with Gasteiger partial charge in [-0.25, -0.2) is 0 Å². The maximum Gasteiger partial charge on any atom is 0.0685 e. The fourth-order valence-corrected chi connectivity index (χ4v) is 14.3. The zero-order chi connectivity index (χ0) is 49.8. The second kappa shape index (κ2) is 15.7. The first-order chi connectivity index (χ1) is 35.2. The topological polar surface area (TPSA) is 9.86 Å². The summed E-state index contributed by atoms with van der Waals surface area (Å²) in [6.45, 7) is 19.4. The average Bonchev–Trinajstić information content (AvgIpc) is 4.11. The van der Waals surface area contributed by atoms with Crippen LogP contribution in [-0.4, -0.2) is 9.13 Å². The lowest BCUT2D eigenvalue weighted by Gasteiger charge is -2.39. The van der Waals surface area contributed by atoms with E-state index < -0.39 is 0 Å². The van der Waals surface area contributed by atoms with Gasteiger partial charge in [0, 0.05) is 38.3 Å². The molecule has 360 valence electrons. The number of nitrogens with zero attached hydrogens (tertiary/aromatic N) is 2. The number of rotatable bonds is 4. The zero-order valence-electron chi connectivity index (χ0n) is 43.9. The van der Waals surface area contributed by atoms with Gasteiger partial charge in [-0.15, -0.1) is 0 Å². The summed E-state index contributed by atoms with van der Waals surface area (Å²) in [5.41, 5.74) is 24.4. The first-order valence-corrected chi connectivity index (χ1v) is 27.2. The summed E-state index contributed by atoms with van der Waals surface area (Å²) in [4.78, 5) is 0. The summed E-state index contributed by atoms with van der Waals surface area (Å²) in [6, 6.07) is 47.0. The van der Waals surface area contributed by atoms with Gasteiger partial charge in [0.25, 0.3) is 0 Å². The third-order valence-corrected chi connectivity index (χ3v) is 18.2. The van der Waals surface area contributed by atoms with Crippen LogP contribution < -0.4 is 0 Å². The Hall–Kier alpha value is -7.16. The molecule has 1 spiro atoms. The van der Waals surface area contributed by atoms with E-state index in [2.05, 4.69) is 247 Å². The van der Waals surface area contributed by atoms with Crippen molar-refractivity contribution in [2.45, 2.75) is 104 Å². The molecule has 0 saturated carbocycles. The van der Waals surface area contributed by atoms with Crippen LogP contribution in [0.2, 0.25) is 0 Å². The molecule has 8 aromatic rings. The molecule has 73 heavy (non-hydrogen) atoms. The lowest BCUT2D eigenvalue weighted by atomic mass is 9.63. The molecule has 0 N–H and O–H groups in total. The predicted molar refractivity (Wildman–Crippen MR) is 312 cm³/mol. The van der Waals surface area contributed by atoms with Crippen LogP contribution in [0.25, 0.3) is 77.2 Å². The Morgan fingerprint density at radius 1 is 0.603 bits per heavy atom. The summed E-state index contributed by atoms with van der Waals surface area (Å²) >= 11 is 0. The van der Waals surface area contributed by atoms with Crippen LogP contribution in [0.5, 0.6) is 0 Å². The van der Waals surface area contributed by atoms with E-state index in [0.717, 1.165) is 32.1 Å². The number of hydrogen-bond acceptors (Lipinski definition) is 0. The minimum Gasteiger partial charge on any atom is -0.331 e. The maximum atomic E-state index is 2.64. The molecular weight excluding hydrogens is 881 g/mol. The van der Waals surface area contributed by atoms with Crippen molar-refractivity contribution in [1.29, 1.82) is 0 Å². The summed E-state index contributed by atoms with van der Waals surface area (Å²) < 4.78 is 5.08. The number of allylic oxidation sites excluding steroid dienone is 16. The standard InChI is InChI=1S/C71H66N2/c1-44-19-18-26-59-66(44)53-24-12-15-25-58(53)71(59)60-42-48(68(2,3)4)31-32-54(60)67-55(41-49(43-61(67)71)69(5,6)7)45-35-37-70(8,38-36-45)73-64-28-17-14-23-52(64)57-40-47(30-34-65(57)73)46-29-33-63-56(39-46)51-22-13-16-27-62(51)72(63)50-20-10-9-11-21-50/h10,12-18,20-37,39-41,43-44,48H,9,11,19,38,42H2,1-8H3. The molecule has 6 aliphatic rings. The summed E-state index contributed by atoms with van der Waals surface area (Å²) in [5.74, 6) is 0.913. The van der Waals surface area contributed by atoms with Gasteiger partial charge in [-0.2, -0.15) is 0 Å². The van der Waals surface area contributed by atoms with E-state index in [0.29, 0.717) is 11.8 Å². The molecule has 4 unspecified atom stereocenters. The molecule has 0 aliphatic heterocycles.